The molecule has 0 bridgehead atoms. The molecule has 1 aromatic rings. The molecule has 1 amide bonds. The smallest absolute Gasteiger partial charge is 0.221 e. The van der Waals surface area contributed by atoms with Crippen molar-refractivity contribution in [3.8, 4) is 0 Å². The number of para-hydroxylation sites is 1. The molecular weight excluding hydrogens is 192 g/mol. The summed E-state index contributed by atoms with van der Waals surface area (Å²) in [7, 11) is 0. The molecule has 0 fully saturated rings. The van der Waals surface area contributed by atoms with Gasteiger partial charge < -0.3 is 11.1 Å². The van der Waals surface area contributed by atoms with E-state index in [9.17, 15) is 9.59 Å². The third-order valence-electron chi connectivity index (χ3n) is 1.92. The third-order valence-corrected chi connectivity index (χ3v) is 1.92. The highest BCUT2D eigenvalue weighted by molar-refractivity contribution is 6.06. The summed E-state index contributed by atoms with van der Waals surface area (Å²) in [6.07, 6.45) is 0. The lowest BCUT2D eigenvalue weighted by molar-refractivity contribution is -0.114. The molecule has 15 heavy (non-hydrogen) atoms. The van der Waals surface area contributed by atoms with Crippen LogP contribution in [-0.2, 0) is 4.79 Å². The minimum Gasteiger partial charge on any atom is -0.326 e. The van der Waals surface area contributed by atoms with E-state index in [2.05, 4.69) is 5.32 Å². The first-order chi connectivity index (χ1) is 7.02. The average molecular weight is 206 g/mol. The molecule has 3 N–H and O–H groups in total. The van der Waals surface area contributed by atoms with Crippen LogP contribution < -0.4 is 11.1 Å². The molecule has 0 aliphatic rings. The van der Waals surface area contributed by atoms with Crippen molar-refractivity contribution in [2.24, 2.45) is 5.73 Å². The highest BCUT2D eigenvalue weighted by atomic mass is 16.1. The maximum Gasteiger partial charge on any atom is 0.221 e. The van der Waals surface area contributed by atoms with E-state index in [4.69, 9.17) is 5.73 Å². The second kappa shape index (κ2) is 4.70. The summed E-state index contributed by atoms with van der Waals surface area (Å²) >= 11 is 0. The Kier molecular flexibility index (Phi) is 3.57. The van der Waals surface area contributed by atoms with E-state index >= 15 is 0 Å². The normalized spacial score (nSPS) is 11.9. The molecule has 0 aromatic heterocycles. The fraction of sp³-hybridized carbons (Fsp3) is 0.273. The largest absolute Gasteiger partial charge is 0.326 e. The molecule has 4 nitrogen and oxygen atoms in total. The second-order valence-corrected chi connectivity index (χ2v) is 3.38. The molecule has 1 unspecified atom stereocenters. The number of hydrogen-bond acceptors (Lipinski definition) is 3. The Morgan fingerprint density at radius 3 is 2.47 bits per heavy atom. The first-order valence-corrected chi connectivity index (χ1v) is 4.68. The van der Waals surface area contributed by atoms with Crippen LogP contribution in [-0.4, -0.2) is 17.7 Å². The average Bonchev–Trinajstić information content (AvgIpc) is 2.16. The maximum absolute atomic E-state index is 11.7. The molecule has 80 valence electrons. The predicted molar refractivity (Wildman–Crippen MR) is 58.7 cm³/mol. The molecule has 0 heterocycles. The first kappa shape index (κ1) is 11.4. The molecule has 1 aromatic carbocycles. The van der Waals surface area contributed by atoms with Crippen LogP contribution in [0.4, 0.5) is 5.69 Å². The van der Waals surface area contributed by atoms with Gasteiger partial charge in [0.05, 0.1) is 11.7 Å². The van der Waals surface area contributed by atoms with Gasteiger partial charge in [0.25, 0.3) is 0 Å². The summed E-state index contributed by atoms with van der Waals surface area (Å²) in [5.41, 5.74) is 6.46. The molecule has 1 atom stereocenters. The monoisotopic (exact) mass is 206 g/mol. The van der Waals surface area contributed by atoms with Crippen molar-refractivity contribution in [1.29, 1.82) is 0 Å². The Morgan fingerprint density at radius 1 is 1.33 bits per heavy atom. The van der Waals surface area contributed by atoms with Crippen molar-refractivity contribution >= 4 is 17.4 Å². The molecule has 0 spiro atoms. The summed E-state index contributed by atoms with van der Waals surface area (Å²) in [4.78, 5) is 22.6. The van der Waals surface area contributed by atoms with Gasteiger partial charge in [-0.1, -0.05) is 12.1 Å². The van der Waals surface area contributed by atoms with Gasteiger partial charge in [0.15, 0.2) is 5.78 Å². The number of ketones is 1. The fourth-order valence-electron chi connectivity index (χ4n) is 1.24. The number of rotatable bonds is 3. The van der Waals surface area contributed by atoms with Crippen LogP contribution in [0.5, 0.6) is 0 Å². The summed E-state index contributed by atoms with van der Waals surface area (Å²) in [5.74, 6) is -0.390. The second-order valence-electron chi connectivity index (χ2n) is 3.38. The SMILES string of the molecule is CC(=O)Nc1ccccc1C(=O)C(C)N. The Morgan fingerprint density at radius 2 is 1.93 bits per heavy atom. The molecule has 0 aliphatic carbocycles. The molecule has 4 heteroatoms. The number of carbonyl (C=O) groups is 2. The molecular formula is C11H14N2O2. The Labute approximate surface area is 88.5 Å². The number of hydrogen-bond donors (Lipinski definition) is 2. The van der Waals surface area contributed by atoms with Crippen molar-refractivity contribution in [2.45, 2.75) is 19.9 Å². The standard InChI is InChI=1S/C11H14N2O2/c1-7(12)11(15)9-5-3-4-6-10(9)13-8(2)14/h3-7H,12H2,1-2H3,(H,13,14). The maximum atomic E-state index is 11.7. The van der Waals surface area contributed by atoms with E-state index in [1.807, 2.05) is 0 Å². The van der Waals surface area contributed by atoms with Crippen LogP contribution in [0.15, 0.2) is 24.3 Å². The lowest BCUT2D eigenvalue weighted by atomic mass is 10.0. The number of nitrogens with two attached hydrogens (primary N) is 1. The molecule has 0 radical (unpaired) electrons. The van der Waals surface area contributed by atoms with Gasteiger partial charge >= 0.3 is 0 Å². The van der Waals surface area contributed by atoms with Crippen LogP contribution >= 0.6 is 0 Å². The minimum atomic E-state index is -0.570. The van der Waals surface area contributed by atoms with Crippen LogP contribution in [0.2, 0.25) is 0 Å². The number of anilines is 1. The van der Waals surface area contributed by atoms with Crippen molar-refractivity contribution in [3.05, 3.63) is 29.8 Å². The number of nitrogens with one attached hydrogen (secondary N) is 1. The van der Waals surface area contributed by atoms with Crippen molar-refractivity contribution in [1.82, 2.24) is 0 Å². The van der Waals surface area contributed by atoms with E-state index < -0.39 is 6.04 Å². The van der Waals surface area contributed by atoms with Gasteiger partial charge in [-0.2, -0.15) is 0 Å². The third kappa shape index (κ3) is 2.89. The zero-order valence-electron chi connectivity index (χ0n) is 8.78. The lowest BCUT2D eigenvalue weighted by Gasteiger charge is -2.10. The van der Waals surface area contributed by atoms with Crippen LogP contribution in [0.3, 0.4) is 0 Å². The molecule has 0 aliphatic heterocycles. The quantitative estimate of drug-likeness (QED) is 0.729. The molecule has 0 saturated carbocycles. The summed E-state index contributed by atoms with van der Waals surface area (Å²) in [6.45, 7) is 3.01. The summed E-state index contributed by atoms with van der Waals surface area (Å²) in [5, 5.41) is 2.59. The van der Waals surface area contributed by atoms with E-state index in [-0.39, 0.29) is 11.7 Å². The van der Waals surface area contributed by atoms with Gasteiger partial charge in [-0.25, -0.2) is 0 Å². The predicted octanol–water partition coefficient (Wildman–Crippen LogP) is 1.17. The van der Waals surface area contributed by atoms with Gasteiger partial charge in [-0.15, -0.1) is 0 Å². The van der Waals surface area contributed by atoms with E-state index in [1.165, 1.54) is 6.92 Å². The Balaban J connectivity index is 3.06. The number of Topliss-reactive ketones (excluding diaryl/α,β-unsaturated/α-hetero) is 1. The summed E-state index contributed by atoms with van der Waals surface area (Å²) in [6, 6.07) is 6.25. The minimum absolute atomic E-state index is 0.181. The Hall–Kier alpha value is -1.68. The van der Waals surface area contributed by atoms with E-state index in [0.29, 0.717) is 11.3 Å². The van der Waals surface area contributed by atoms with E-state index in [1.54, 1.807) is 31.2 Å². The van der Waals surface area contributed by atoms with Crippen LogP contribution in [0.1, 0.15) is 24.2 Å². The molecule has 0 saturated heterocycles. The van der Waals surface area contributed by atoms with Gasteiger partial charge in [0, 0.05) is 12.5 Å². The molecule has 1 rings (SSSR count). The van der Waals surface area contributed by atoms with Crippen molar-refractivity contribution < 1.29 is 9.59 Å². The summed E-state index contributed by atoms with van der Waals surface area (Å²) < 4.78 is 0. The van der Waals surface area contributed by atoms with Gasteiger partial charge in [-0.05, 0) is 19.1 Å². The number of amides is 1. The fourth-order valence-corrected chi connectivity index (χ4v) is 1.24. The van der Waals surface area contributed by atoms with Crippen LogP contribution in [0, 0.1) is 0 Å². The highest BCUT2D eigenvalue weighted by Gasteiger charge is 2.14. The Bertz CT molecular complexity index is 386. The topological polar surface area (TPSA) is 72.2 Å². The van der Waals surface area contributed by atoms with Crippen LogP contribution in [0.25, 0.3) is 0 Å². The highest BCUT2D eigenvalue weighted by Crippen LogP contribution is 2.16. The van der Waals surface area contributed by atoms with Crippen molar-refractivity contribution in [3.63, 3.8) is 0 Å². The van der Waals surface area contributed by atoms with Gasteiger partial charge in [0.1, 0.15) is 0 Å². The number of carbonyl (C=O) groups excluding carboxylic acids is 2. The van der Waals surface area contributed by atoms with Gasteiger partial charge in [0.2, 0.25) is 5.91 Å². The zero-order valence-corrected chi connectivity index (χ0v) is 8.78. The zero-order chi connectivity index (χ0) is 11.4. The van der Waals surface area contributed by atoms with Gasteiger partial charge in [-0.3, -0.25) is 9.59 Å². The van der Waals surface area contributed by atoms with E-state index in [0.717, 1.165) is 0 Å². The van der Waals surface area contributed by atoms with Crippen molar-refractivity contribution in [2.75, 3.05) is 5.32 Å². The first-order valence-electron chi connectivity index (χ1n) is 4.68. The lowest BCUT2D eigenvalue weighted by Crippen LogP contribution is -2.27. The number of benzene rings is 1.